The Kier molecular flexibility index (Phi) is 7.34. The normalized spacial score (nSPS) is 28.4. The lowest BCUT2D eigenvalue weighted by atomic mass is 9.87. The van der Waals surface area contributed by atoms with E-state index in [1.165, 1.54) is 38.5 Å². The quantitative estimate of drug-likeness (QED) is 0.456. The van der Waals surface area contributed by atoms with Crippen LogP contribution in [0.5, 0.6) is 0 Å². The van der Waals surface area contributed by atoms with Gasteiger partial charge >= 0.3 is 0 Å². The van der Waals surface area contributed by atoms with Gasteiger partial charge < -0.3 is 10.6 Å². The van der Waals surface area contributed by atoms with Crippen LogP contribution in [0.3, 0.4) is 0 Å². The van der Waals surface area contributed by atoms with Crippen LogP contribution in [0.15, 0.2) is 4.99 Å². The molecule has 0 bridgehead atoms. The number of nitrogens with one attached hydrogen (secondary N) is 2. The first-order chi connectivity index (χ1) is 8.28. The average Bonchev–Trinajstić information content (AvgIpc) is 3.13. The molecule has 0 aromatic rings. The fraction of sp³-hybridized carbons (Fsp3) is 0.929. The van der Waals surface area contributed by atoms with Gasteiger partial charge in [0.15, 0.2) is 5.96 Å². The molecule has 2 saturated carbocycles. The van der Waals surface area contributed by atoms with Crippen molar-refractivity contribution in [3.8, 4) is 0 Å². The van der Waals surface area contributed by atoms with Crippen molar-refractivity contribution in [2.45, 2.75) is 58.4 Å². The fourth-order valence-corrected chi connectivity index (χ4v) is 2.44. The lowest BCUT2D eigenvalue weighted by Gasteiger charge is -2.28. The highest BCUT2D eigenvalue weighted by atomic mass is 127. The van der Waals surface area contributed by atoms with E-state index in [1.54, 1.807) is 0 Å². The van der Waals surface area contributed by atoms with Gasteiger partial charge in [-0.2, -0.15) is 0 Å². The van der Waals surface area contributed by atoms with Crippen LogP contribution >= 0.6 is 24.0 Å². The summed E-state index contributed by atoms with van der Waals surface area (Å²) in [6.45, 7) is 6.47. The van der Waals surface area contributed by atoms with E-state index in [2.05, 4.69) is 29.5 Å². The summed E-state index contributed by atoms with van der Waals surface area (Å²) in [6.07, 6.45) is 8.08. The molecule has 0 spiro atoms. The Labute approximate surface area is 129 Å². The molecule has 0 radical (unpaired) electrons. The smallest absolute Gasteiger partial charge is 0.191 e. The first kappa shape index (κ1) is 16.1. The molecule has 0 amide bonds. The van der Waals surface area contributed by atoms with Crippen LogP contribution in [0, 0.1) is 11.8 Å². The summed E-state index contributed by atoms with van der Waals surface area (Å²) in [4.78, 5) is 4.68. The van der Waals surface area contributed by atoms with E-state index < -0.39 is 0 Å². The number of hydrogen-bond acceptors (Lipinski definition) is 1. The van der Waals surface area contributed by atoms with Crippen molar-refractivity contribution in [3.63, 3.8) is 0 Å². The van der Waals surface area contributed by atoms with Crippen molar-refractivity contribution in [1.82, 2.24) is 10.6 Å². The molecule has 4 heteroatoms. The van der Waals surface area contributed by atoms with Gasteiger partial charge in [-0.25, -0.2) is 0 Å². The van der Waals surface area contributed by atoms with E-state index in [4.69, 9.17) is 0 Å². The summed E-state index contributed by atoms with van der Waals surface area (Å²) < 4.78 is 0. The standard InChI is InChI=1S/C14H27N3.HI/c1-3-15-14(16-10-12-6-7-12)17-13-8-4-11(2)5-9-13;/h11-13H,3-10H2,1-2H3,(H2,15,16,17);1H. The molecular weight excluding hydrogens is 337 g/mol. The molecule has 0 aliphatic heterocycles. The van der Waals surface area contributed by atoms with Crippen LogP contribution < -0.4 is 10.6 Å². The molecule has 2 N–H and O–H groups in total. The third-order valence-corrected chi connectivity index (χ3v) is 3.91. The molecule has 3 nitrogen and oxygen atoms in total. The second kappa shape index (κ2) is 8.23. The van der Waals surface area contributed by atoms with Crippen LogP contribution in [-0.2, 0) is 0 Å². The van der Waals surface area contributed by atoms with Crippen molar-refractivity contribution in [2.24, 2.45) is 16.8 Å². The summed E-state index contributed by atoms with van der Waals surface area (Å²) >= 11 is 0. The molecule has 0 saturated heterocycles. The van der Waals surface area contributed by atoms with Crippen LogP contribution in [0.2, 0.25) is 0 Å². The zero-order valence-corrected chi connectivity index (χ0v) is 14.1. The number of hydrogen-bond donors (Lipinski definition) is 2. The Morgan fingerprint density at radius 1 is 1.11 bits per heavy atom. The van der Waals surface area contributed by atoms with Crippen LogP contribution in [0.4, 0.5) is 0 Å². The molecule has 2 aliphatic rings. The lowest BCUT2D eigenvalue weighted by Crippen LogP contribution is -2.44. The predicted molar refractivity (Wildman–Crippen MR) is 88.7 cm³/mol. The Bertz CT molecular complexity index is 256. The highest BCUT2D eigenvalue weighted by Gasteiger charge is 2.22. The summed E-state index contributed by atoms with van der Waals surface area (Å²) in [5.74, 6) is 2.83. The summed E-state index contributed by atoms with van der Waals surface area (Å²) in [6, 6.07) is 0.642. The topological polar surface area (TPSA) is 36.4 Å². The average molecular weight is 365 g/mol. The maximum absolute atomic E-state index is 4.68. The van der Waals surface area contributed by atoms with Crippen molar-refractivity contribution in [2.75, 3.05) is 13.1 Å². The summed E-state index contributed by atoms with van der Waals surface area (Å²) in [5, 5.41) is 6.96. The molecule has 0 unspecified atom stereocenters. The monoisotopic (exact) mass is 365 g/mol. The van der Waals surface area contributed by atoms with Gasteiger partial charge in [-0.1, -0.05) is 6.92 Å². The van der Waals surface area contributed by atoms with E-state index in [-0.39, 0.29) is 24.0 Å². The summed E-state index contributed by atoms with van der Waals surface area (Å²) in [5.41, 5.74) is 0. The second-order valence-electron chi connectivity index (χ2n) is 5.76. The minimum Gasteiger partial charge on any atom is -0.357 e. The third-order valence-electron chi connectivity index (χ3n) is 3.91. The Balaban J connectivity index is 0.00000162. The van der Waals surface area contributed by atoms with Gasteiger partial charge in [0.25, 0.3) is 0 Å². The van der Waals surface area contributed by atoms with Crippen molar-refractivity contribution in [1.29, 1.82) is 0 Å². The molecular formula is C14H28IN3. The maximum atomic E-state index is 4.68. The van der Waals surface area contributed by atoms with Gasteiger partial charge in [0.1, 0.15) is 0 Å². The largest absolute Gasteiger partial charge is 0.357 e. The Hall–Kier alpha value is 0. The molecule has 0 aromatic heterocycles. The zero-order chi connectivity index (χ0) is 12.1. The Morgan fingerprint density at radius 3 is 2.33 bits per heavy atom. The SMILES string of the molecule is CCNC(=NCC1CC1)NC1CCC(C)CC1.I. The van der Waals surface area contributed by atoms with Crippen LogP contribution in [0.1, 0.15) is 52.4 Å². The van der Waals surface area contributed by atoms with Gasteiger partial charge in [-0.15, -0.1) is 24.0 Å². The highest BCUT2D eigenvalue weighted by Crippen LogP contribution is 2.28. The molecule has 2 aliphatic carbocycles. The van der Waals surface area contributed by atoms with Gasteiger partial charge in [-0.05, 0) is 57.3 Å². The van der Waals surface area contributed by atoms with E-state index in [0.717, 1.165) is 30.9 Å². The van der Waals surface area contributed by atoms with Crippen LogP contribution in [0.25, 0.3) is 0 Å². The number of aliphatic imine (C=N–C) groups is 1. The van der Waals surface area contributed by atoms with Crippen LogP contribution in [-0.4, -0.2) is 25.1 Å². The van der Waals surface area contributed by atoms with Gasteiger partial charge in [0.05, 0.1) is 0 Å². The first-order valence-corrected chi connectivity index (χ1v) is 7.32. The lowest BCUT2D eigenvalue weighted by molar-refractivity contribution is 0.329. The molecule has 18 heavy (non-hydrogen) atoms. The number of guanidine groups is 1. The van der Waals surface area contributed by atoms with Gasteiger partial charge in [0.2, 0.25) is 0 Å². The molecule has 0 aromatic carbocycles. The molecule has 2 rings (SSSR count). The van der Waals surface area contributed by atoms with Crippen molar-refractivity contribution < 1.29 is 0 Å². The number of nitrogens with zero attached hydrogens (tertiary/aromatic N) is 1. The first-order valence-electron chi connectivity index (χ1n) is 7.32. The predicted octanol–water partition coefficient (Wildman–Crippen LogP) is 3.15. The van der Waals surface area contributed by atoms with E-state index in [0.29, 0.717) is 6.04 Å². The number of rotatable bonds is 4. The zero-order valence-electron chi connectivity index (χ0n) is 11.7. The van der Waals surface area contributed by atoms with E-state index >= 15 is 0 Å². The molecule has 0 heterocycles. The minimum atomic E-state index is 0. The van der Waals surface area contributed by atoms with Gasteiger partial charge in [-0.3, -0.25) is 4.99 Å². The van der Waals surface area contributed by atoms with E-state index in [9.17, 15) is 0 Å². The number of halogens is 1. The second-order valence-corrected chi connectivity index (χ2v) is 5.76. The fourth-order valence-electron chi connectivity index (χ4n) is 2.44. The maximum Gasteiger partial charge on any atom is 0.191 e. The van der Waals surface area contributed by atoms with E-state index in [1.807, 2.05) is 0 Å². The minimum absolute atomic E-state index is 0. The molecule has 2 fully saturated rings. The molecule has 106 valence electrons. The molecule has 0 atom stereocenters. The van der Waals surface area contributed by atoms with Crippen molar-refractivity contribution in [3.05, 3.63) is 0 Å². The Morgan fingerprint density at radius 2 is 1.78 bits per heavy atom. The van der Waals surface area contributed by atoms with Gasteiger partial charge in [0, 0.05) is 19.1 Å². The van der Waals surface area contributed by atoms with Crippen molar-refractivity contribution >= 4 is 29.9 Å². The summed E-state index contributed by atoms with van der Waals surface area (Å²) in [7, 11) is 0. The highest BCUT2D eigenvalue weighted by molar-refractivity contribution is 14.0. The third kappa shape index (κ3) is 5.76.